The summed E-state index contributed by atoms with van der Waals surface area (Å²) in [5.74, 6) is 0.351. The molecule has 4 aromatic carbocycles. The van der Waals surface area contributed by atoms with Crippen molar-refractivity contribution in [2.24, 2.45) is 0 Å². The second-order valence-electron chi connectivity index (χ2n) is 12.4. The van der Waals surface area contributed by atoms with Gasteiger partial charge in [-0.1, -0.05) is 53.5 Å². The summed E-state index contributed by atoms with van der Waals surface area (Å²) in [6.45, 7) is 5.89. The van der Waals surface area contributed by atoms with E-state index in [4.69, 9.17) is 41.8 Å². The van der Waals surface area contributed by atoms with Crippen molar-refractivity contribution in [3.63, 3.8) is 0 Å². The van der Waals surface area contributed by atoms with E-state index >= 15 is 0 Å². The van der Waals surface area contributed by atoms with Gasteiger partial charge in [0.15, 0.2) is 5.58 Å². The van der Waals surface area contributed by atoms with Gasteiger partial charge in [-0.15, -0.1) is 0 Å². The topological polar surface area (TPSA) is 78.0 Å². The Morgan fingerprint density at radius 2 is 1.71 bits per heavy atom. The van der Waals surface area contributed by atoms with Crippen LogP contribution >= 0.6 is 23.2 Å². The Hall–Kier alpha value is -4.38. The minimum absolute atomic E-state index is 0.291. The third-order valence-corrected chi connectivity index (χ3v) is 9.61. The number of anilines is 1. The lowest BCUT2D eigenvalue weighted by atomic mass is 10.1. The van der Waals surface area contributed by atoms with Gasteiger partial charge in [0.1, 0.15) is 24.0 Å². The average Bonchev–Trinajstić information content (AvgIpc) is 3.89. The molecule has 2 aromatic heterocycles. The van der Waals surface area contributed by atoms with Crippen LogP contribution in [-0.4, -0.2) is 64.9 Å². The van der Waals surface area contributed by atoms with Crippen molar-refractivity contribution in [2.45, 2.75) is 25.0 Å². The predicted molar refractivity (Wildman–Crippen MR) is 190 cm³/mol. The monoisotopic (exact) mass is 695 g/mol. The molecule has 0 saturated carbocycles. The predicted octanol–water partition coefficient (Wildman–Crippen LogP) is 7.67. The smallest absolute Gasteiger partial charge is 0.227 e. The number of halogens is 2. The quantitative estimate of drug-likeness (QED) is 0.145. The van der Waals surface area contributed by atoms with Crippen molar-refractivity contribution >= 4 is 40.0 Å². The van der Waals surface area contributed by atoms with E-state index in [1.165, 1.54) is 11.3 Å². The molecule has 2 fully saturated rings. The second-order valence-corrected chi connectivity index (χ2v) is 13.3. The summed E-state index contributed by atoms with van der Waals surface area (Å²) in [6, 6.07) is 30.0. The van der Waals surface area contributed by atoms with Crippen molar-refractivity contribution in [1.29, 1.82) is 0 Å². The van der Waals surface area contributed by atoms with Gasteiger partial charge in [-0.25, -0.2) is 9.97 Å². The molecule has 8 rings (SSSR count). The lowest BCUT2D eigenvalue weighted by Gasteiger charge is -2.36. The average molecular weight is 697 g/mol. The molecule has 250 valence electrons. The summed E-state index contributed by atoms with van der Waals surface area (Å²) in [4.78, 5) is 13.7. The molecule has 2 aliphatic heterocycles. The van der Waals surface area contributed by atoms with Gasteiger partial charge in [0, 0.05) is 67.0 Å². The number of benzene rings is 4. The lowest BCUT2D eigenvalue weighted by molar-refractivity contribution is -0.189. The molecular weight excluding hydrogens is 661 g/mol. The van der Waals surface area contributed by atoms with Gasteiger partial charge in [0.25, 0.3) is 0 Å². The molecule has 0 bridgehead atoms. The molecule has 0 spiro atoms. The van der Waals surface area contributed by atoms with Crippen molar-refractivity contribution in [2.75, 3.05) is 44.3 Å². The maximum absolute atomic E-state index is 6.61. The highest BCUT2D eigenvalue weighted by Crippen LogP contribution is 2.40. The SMILES string of the molecule is Clc1ccc(C2(Cn3ccnc3)OCC(COc3ccc(N4CCN(Cc5ccc(-c6nc7ccccc7o6)cc5)CC4)cc3)O2)c(Cl)c1. The molecule has 6 aromatic rings. The van der Waals surface area contributed by atoms with E-state index in [-0.39, 0.29) is 6.10 Å². The molecular formula is C38H35Cl2N5O4. The molecule has 0 aliphatic carbocycles. The molecule has 11 heteroatoms. The highest BCUT2D eigenvalue weighted by atomic mass is 35.5. The van der Waals surface area contributed by atoms with E-state index in [9.17, 15) is 0 Å². The summed E-state index contributed by atoms with van der Waals surface area (Å²) >= 11 is 12.8. The van der Waals surface area contributed by atoms with Crippen LogP contribution in [0.3, 0.4) is 0 Å². The van der Waals surface area contributed by atoms with E-state index in [0.29, 0.717) is 41.3 Å². The van der Waals surface area contributed by atoms with Crippen LogP contribution in [0.15, 0.2) is 114 Å². The molecule has 0 radical (unpaired) electrons. The number of hydrogen-bond acceptors (Lipinski definition) is 8. The third kappa shape index (κ3) is 7.04. The zero-order valence-corrected chi connectivity index (χ0v) is 28.3. The van der Waals surface area contributed by atoms with Crippen LogP contribution in [-0.2, 0) is 28.4 Å². The molecule has 0 N–H and O–H groups in total. The molecule has 0 amide bonds. The van der Waals surface area contributed by atoms with Crippen LogP contribution in [0.5, 0.6) is 5.75 Å². The van der Waals surface area contributed by atoms with Crippen LogP contribution in [0.2, 0.25) is 10.0 Å². The van der Waals surface area contributed by atoms with Gasteiger partial charge in [0.05, 0.1) is 24.5 Å². The van der Waals surface area contributed by atoms with Crippen LogP contribution in [0, 0.1) is 0 Å². The van der Waals surface area contributed by atoms with Crippen LogP contribution in [0.25, 0.3) is 22.6 Å². The van der Waals surface area contributed by atoms with Gasteiger partial charge >= 0.3 is 0 Å². The number of imidazole rings is 1. The fourth-order valence-electron chi connectivity index (χ4n) is 6.49. The normalized spacial score (nSPS) is 19.9. The zero-order valence-electron chi connectivity index (χ0n) is 26.8. The van der Waals surface area contributed by atoms with Crippen molar-refractivity contribution < 1.29 is 18.6 Å². The number of piperazine rings is 1. The Morgan fingerprint density at radius 1 is 0.898 bits per heavy atom. The summed E-state index contributed by atoms with van der Waals surface area (Å²) in [7, 11) is 0. The summed E-state index contributed by atoms with van der Waals surface area (Å²) < 4.78 is 26.8. The van der Waals surface area contributed by atoms with Crippen molar-refractivity contribution in [3.05, 3.63) is 131 Å². The number of aromatic nitrogens is 3. The second kappa shape index (κ2) is 13.9. The van der Waals surface area contributed by atoms with Crippen molar-refractivity contribution in [1.82, 2.24) is 19.4 Å². The number of fused-ring (bicyclic) bond motifs is 1. The first-order valence-corrected chi connectivity index (χ1v) is 17.1. The fourth-order valence-corrected chi connectivity index (χ4v) is 7.04. The minimum atomic E-state index is -1.08. The number of hydrogen-bond donors (Lipinski definition) is 0. The van der Waals surface area contributed by atoms with Gasteiger partial charge in [-0.05, 0) is 66.2 Å². The maximum Gasteiger partial charge on any atom is 0.227 e. The molecule has 2 saturated heterocycles. The first-order valence-electron chi connectivity index (χ1n) is 16.4. The Balaban J connectivity index is 0.829. The Labute approximate surface area is 294 Å². The van der Waals surface area contributed by atoms with Crippen LogP contribution in [0.4, 0.5) is 5.69 Å². The maximum atomic E-state index is 6.61. The van der Waals surface area contributed by atoms with E-state index in [1.54, 1.807) is 24.7 Å². The standard InChI is InChI=1S/C38H35Cl2N5O4/c39-29-9-14-33(34(40)21-29)38(25-44-16-15-41-26-44)47-24-32(49-38)23-46-31-12-10-30(11-13-31)45-19-17-43(18-20-45)22-27-5-7-28(8-6-27)37-42-35-3-1-2-4-36(35)48-37/h1-16,21,26,32H,17-20,22-25H2. The van der Waals surface area contributed by atoms with Gasteiger partial charge < -0.3 is 28.1 Å². The number of rotatable bonds is 10. The molecule has 4 heterocycles. The fraction of sp³-hybridized carbons (Fsp3) is 0.263. The lowest BCUT2D eigenvalue weighted by Crippen LogP contribution is -2.45. The number of nitrogens with zero attached hydrogens (tertiary/aromatic N) is 5. The Morgan fingerprint density at radius 3 is 2.47 bits per heavy atom. The summed E-state index contributed by atoms with van der Waals surface area (Å²) in [6.07, 6.45) is 5.02. The van der Waals surface area contributed by atoms with E-state index in [1.807, 2.05) is 53.2 Å². The third-order valence-electron chi connectivity index (χ3n) is 9.06. The largest absolute Gasteiger partial charge is 0.491 e. The summed E-state index contributed by atoms with van der Waals surface area (Å²) in [5, 5.41) is 1.03. The first kappa shape index (κ1) is 31.9. The summed E-state index contributed by atoms with van der Waals surface area (Å²) in [5.41, 5.74) is 5.85. The number of ether oxygens (including phenoxy) is 3. The molecule has 9 nitrogen and oxygen atoms in total. The minimum Gasteiger partial charge on any atom is -0.491 e. The molecule has 2 atom stereocenters. The zero-order chi connectivity index (χ0) is 33.2. The molecule has 49 heavy (non-hydrogen) atoms. The Bertz CT molecular complexity index is 1980. The highest BCUT2D eigenvalue weighted by Gasteiger charge is 2.45. The number of oxazole rings is 1. The Kier molecular flexibility index (Phi) is 9.01. The first-order chi connectivity index (χ1) is 24.0. The van der Waals surface area contributed by atoms with Gasteiger partial charge in [-0.3, -0.25) is 4.90 Å². The molecule has 2 aliphatic rings. The van der Waals surface area contributed by atoms with Crippen LogP contribution < -0.4 is 9.64 Å². The van der Waals surface area contributed by atoms with E-state index < -0.39 is 5.79 Å². The van der Waals surface area contributed by atoms with Crippen LogP contribution in [0.1, 0.15) is 11.1 Å². The van der Waals surface area contributed by atoms with Gasteiger partial charge in [0.2, 0.25) is 11.7 Å². The van der Waals surface area contributed by atoms with Gasteiger partial charge in [-0.2, -0.15) is 0 Å². The van der Waals surface area contributed by atoms with Crippen molar-refractivity contribution in [3.8, 4) is 17.2 Å². The molecule has 2 unspecified atom stereocenters. The highest BCUT2D eigenvalue weighted by molar-refractivity contribution is 6.35. The van der Waals surface area contributed by atoms with E-state index in [0.717, 1.165) is 55.1 Å². The van der Waals surface area contributed by atoms with E-state index in [2.05, 4.69) is 56.2 Å². The number of para-hydroxylation sites is 2.